The molecule has 0 aromatic heterocycles. The molecule has 1 aliphatic rings. The molecular formula is C12H20N2O4. The monoisotopic (exact) mass is 256 g/mol. The van der Waals surface area contributed by atoms with Gasteiger partial charge in [-0.3, -0.25) is 14.4 Å². The Morgan fingerprint density at radius 2 is 2.06 bits per heavy atom. The van der Waals surface area contributed by atoms with Crippen molar-refractivity contribution in [2.24, 2.45) is 11.8 Å². The Hall–Kier alpha value is -1.59. The van der Waals surface area contributed by atoms with Gasteiger partial charge in [-0.15, -0.1) is 0 Å². The maximum atomic E-state index is 11.9. The van der Waals surface area contributed by atoms with E-state index in [1.54, 1.807) is 18.7 Å². The number of carboxylic acids is 1. The average Bonchev–Trinajstić information content (AvgIpc) is 2.21. The zero-order chi connectivity index (χ0) is 13.9. The first-order chi connectivity index (χ1) is 8.34. The van der Waals surface area contributed by atoms with E-state index in [9.17, 15) is 19.5 Å². The summed E-state index contributed by atoms with van der Waals surface area (Å²) in [6.45, 7) is 5.66. The lowest BCUT2D eigenvalue weighted by atomic mass is 9.81. The van der Waals surface area contributed by atoms with E-state index in [0.717, 1.165) is 0 Å². The molecule has 1 aliphatic heterocycles. The van der Waals surface area contributed by atoms with Crippen LogP contribution < -0.4 is 5.32 Å². The molecule has 1 rings (SSSR count). The summed E-state index contributed by atoms with van der Waals surface area (Å²) in [5, 5.41) is 11.8. The van der Waals surface area contributed by atoms with Crippen LogP contribution in [0.15, 0.2) is 0 Å². The molecule has 1 saturated heterocycles. The molecule has 2 N–H and O–H groups in total. The summed E-state index contributed by atoms with van der Waals surface area (Å²) in [4.78, 5) is 35.4. The fraction of sp³-hybridized carbons (Fsp3) is 0.750. The Morgan fingerprint density at radius 3 is 2.56 bits per heavy atom. The van der Waals surface area contributed by atoms with E-state index in [-0.39, 0.29) is 30.2 Å². The van der Waals surface area contributed by atoms with E-state index < -0.39 is 11.9 Å². The predicted molar refractivity (Wildman–Crippen MR) is 64.8 cm³/mol. The van der Waals surface area contributed by atoms with Crippen molar-refractivity contribution >= 4 is 17.8 Å². The molecule has 6 nitrogen and oxygen atoms in total. The van der Waals surface area contributed by atoms with Crippen LogP contribution >= 0.6 is 0 Å². The lowest BCUT2D eigenvalue weighted by Crippen LogP contribution is -2.54. The van der Waals surface area contributed by atoms with Crippen LogP contribution in [0.5, 0.6) is 0 Å². The molecule has 3 atom stereocenters. The number of likely N-dealkylation sites (tertiary alicyclic amines) is 1. The number of hydrogen-bond acceptors (Lipinski definition) is 3. The van der Waals surface area contributed by atoms with Crippen molar-refractivity contribution in [1.82, 2.24) is 10.2 Å². The van der Waals surface area contributed by atoms with Gasteiger partial charge in [-0.1, -0.05) is 6.92 Å². The van der Waals surface area contributed by atoms with Crippen molar-refractivity contribution < 1.29 is 19.5 Å². The Bertz CT molecular complexity index is 356. The number of piperidine rings is 1. The number of aliphatic carboxylic acids is 1. The van der Waals surface area contributed by atoms with Crippen LogP contribution in [0.1, 0.15) is 27.2 Å². The van der Waals surface area contributed by atoms with Gasteiger partial charge in [0.05, 0.1) is 5.92 Å². The van der Waals surface area contributed by atoms with Crippen molar-refractivity contribution in [2.45, 2.75) is 33.2 Å². The minimum atomic E-state index is -0.868. The Labute approximate surface area is 106 Å². The first kappa shape index (κ1) is 14.5. The molecule has 0 saturated carbocycles. The zero-order valence-corrected chi connectivity index (χ0v) is 11.0. The van der Waals surface area contributed by atoms with E-state index in [4.69, 9.17) is 0 Å². The van der Waals surface area contributed by atoms with Crippen LogP contribution in [-0.2, 0) is 14.4 Å². The topological polar surface area (TPSA) is 86.7 Å². The van der Waals surface area contributed by atoms with Crippen LogP contribution in [0.2, 0.25) is 0 Å². The lowest BCUT2D eigenvalue weighted by molar-refractivity contribution is -0.154. The summed E-state index contributed by atoms with van der Waals surface area (Å²) in [6.07, 6.45) is 0.251. The number of hydrogen-bond donors (Lipinski definition) is 2. The molecular weight excluding hydrogens is 236 g/mol. The Kier molecular flexibility index (Phi) is 4.69. The summed E-state index contributed by atoms with van der Waals surface area (Å²) in [5.41, 5.74) is 0. The highest BCUT2D eigenvalue weighted by atomic mass is 16.4. The number of carboxylic acid groups (broad SMARTS) is 1. The Balaban J connectivity index is 2.68. The molecule has 0 bridgehead atoms. The average molecular weight is 256 g/mol. The highest BCUT2D eigenvalue weighted by Gasteiger charge is 2.41. The number of nitrogens with one attached hydrogen (secondary N) is 1. The van der Waals surface area contributed by atoms with Crippen LogP contribution in [0.4, 0.5) is 0 Å². The van der Waals surface area contributed by atoms with E-state index in [0.29, 0.717) is 13.1 Å². The normalized spacial score (nSPS) is 28.1. The summed E-state index contributed by atoms with van der Waals surface area (Å²) in [5.74, 6) is -1.76. The third-order valence-corrected chi connectivity index (χ3v) is 3.45. The van der Waals surface area contributed by atoms with Crippen LogP contribution in [0, 0.1) is 11.8 Å². The predicted octanol–water partition coefficient (Wildman–Crippen LogP) is 0.0802. The zero-order valence-electron chi connectivity index (χ0n) is 11.0. The highest BCUT2D eigenvalue weighted by Crippen LogP contribution is 2.29. The van der Waals surface area contributed by atoms with Gasteiger partial charge >= 0.3 is 5.97 Å². The molecule has 0 aromatic carbocycles. The molecule has 0 aliphatic carbocycles. The maximum Gasteiger partial charge on any atom is 0.308 e. The van der Waals surface area contributed by atoms with Crippen LogP contribution in [-0.4, -0.2) is 46.9 Å². The van der Waals surface area contributed by atoms with Gasteiger partial charge < -0.3 is 15.3 Å². The molecule has 0 spiro atoms. The first-order valence-electron chi connectivity index (χ1n) is 6.11. The smallest absolute Gasteiger partial charge is 0.308 e. The molecule has 0 aromatic rings. The highest BCUT2D eigenvalue weighted by molar-refractivity contribution is 5.82. The summed E-state index contributed by atoms with van der Waals surface area (Å²) in [6, 6.07) is -0.340. The molecule has 1 fully saturated rings. The van der Waals surface area contributed by atoms with E-state index in [1.165, 1.54) is 6.92 Å². The van der Waals surface area contributed by atoms with E-state index >= 15 is 0 Å². The quantitative estimate of drug-likeness (QED) is 0.745. The number of carbonyl (C=O) groups is 3. The summed E-state index contributed by atoms with van der Waals surface area (Å²) in [7, 11) is 0. The van der Waals surface area contributed by atoms with Gasteiger partial charge in [0.2, 0.25) is 11.8 Å². The second-order valence-electron chi connectivity index (χ2n) is 4.86. The molecule has 18 heavy (non-hydrogen) atoms. The van der Waals surface area contributed by atoms with Crippen LogP contribution in [0.3, 0.4) is 0 Å². The van der Waals surface area contributed by atoms with Gasteiger partial charge in [0.1, 0.15) is 0 Å². The molecule has 0 radical (unpaired) electrons. The van der Waals surface area contributed by atoms with Gasteiger partial charge in [0.25, 0.3) is 0 Å². The molecule has 1 heterocycles. The number of rotatable bonds is 4. The van der Waals surface area contributed by atoms with Gasteiger partial charge in [0.15, 0.2) is 0 Å². The molecule has 6 heteroatoms. The minimum Gasteiger partial charge on any atom is -0.481 e. The van der Waals surface area contributed by atoms with Crippen molar-refractivity contribution in [3.05, 3.63) is 0 Å². The minimum absolute atomic E-state index is 0.0437. The third kappa shape index (κ3) is 3.21. The van der Waals surface area contributed by atoms with Crippen LogP contribution in [0.25, 0.3) is 0 Å². The second-order valence-corrected chi connectivity index (χ2v) is 4.86. The first-order valence-corrected chi connectivity index (χ1v) is 6.11. The molecule has 3 unspecified atom stereocenters. The van der Waals surface area contributed by atoms with Gasteiger partial charge in [0, 0.05) is 32.5 Å². The molecule has 2 amide bonds. The van der Waals surface area contributed by atoms with Gasteiger partial charge in [-0.05, 0) is 12.8 Å². The summed E-state index contributed by atoms with van der Waals surface area (Å²) < 4.78 is 0. The van der Waals surface area contributed by atoms with E-state index in [2.05, 4.69) is 5.32 Å². The maximum absolute atomic E-state index is 11.9. The number of amides is 2. The van der Waals surface area contributed by atoms with Crippen molar-refractivity contribution in [3.8, 4) is 0 Å². The van der Waals surface area contributed by atoms with Gasteiger partial charge in [-0.25, -0.2) is 0 Å². The second kappa shape index (κ2) is 5.84. The fourth-order valence-electron chi connectivity index (χ4n) is 2.55. The SMILES string of the molecule is CC(=O)NCCN1C(=O)CC(C)C(C(=O)O)C1C. The summed E-state index contributed by atoms with van der Waals surface area (Å²) >= 11 is 0. The fourth-order valence-corrected chi connectivity index (χ4v) is 2.55. The number of carbonyl (C=O) groups excluding carboxylic acids is 2. The third-order valence-electron chi connectivity index (χ3n) is 3.45. The molecule has 102 valence electrons. The van der Waals surface area contributed by atoms with Crippen molar-refractivity contribution in [2.75, 3.05) is 13.1 Å². The van der Waals surface area contributed by atoms with Crippen molar-refractivity contribution in [1.29, 1.82) is 0 Å². The lowest BCUT2D eigenvalue weighted by Gasteiger charge is -2.40. The largest absolute Gasteiger partial charge is 0.481 e. The number of nitrogens with zero attached hydrogens (tertiary/aromatic N) is 1. The van der Waals surface area contributed by atoms with E-state index in [1.807, 2.05) is 0 Å². The van der Waals surface area contributed by atoms with Crippen molar-refractivity contribution in [3.63, 3.8) is 0 Å². The van der Waals surface area contributed by atoms with Gasteiger partial charge in [-0.2, -0.15) is 0 Å². The Morgan fingerprint density at radius 1 is 1.44 bits per heavy atom. The standard InChI is InChI=1S/C12H20N2O4/c1-7-6-10(16)14(5-4-13-9(3)15)8(2)11(7)12(17)18/h7-8,11H,4-6H2,1-3H3,(H,13,15)(H,17,18).